The SMILES string of the molecule is O=C(CC1CCN(c2nc3ccc(Cl)cc3o2)CC1)N1CCSCC1. The van der Waals surface area contributed by atoms with Crippen molar-refractivity contribution in [3.05, 3.63) is 23.2 Å². The van der Waals surface area contributed by atoms with Gasteiger partial charge in [-0.15, -0.1) is 0 Å². The first kappa shape index (κ1) is 17.0. The number of carbonyl (C=O) groups is 1. The Morgan fingerprint density at radius 1 is 1.24 bits per heavy atom. The normalized spacial score (nSPS) is 19.6. The summed E-state index contributed by atoms with van der Waals surface area (Å²) >= 11 is 7.94. The van der Waals surface area contributed by atoms with Crippen molar-refractivity contribution in [2.75, 3.05) is 42.6 Å². The summed E-state index contributed by atoms with van der Waals surface area (Å²) in [4.78, 5) is 21.2. The molecule has 3 heterocycles. The van der Waals surface area contributed by atoms with Crippen LogP contribution >= 0.6 is 23.4 Å². The maximum absolute atomic E-state index is 12.4. The third-order valence-corrected chi connectivity index (χ3v) is 6.23. The molecule has 2 fully saturated rings. The summed E-state index contributed by atoms with van der Waals surface area (Å²) in [5.74, 6) is 2.95. The van der Waals surface area contributed by atoms with Crippen LogP contribution in [0.5, 0.6) is 0 Å². The molecular weight excluding hydrogens is 358 g/mol. The molecule has 0 spiro atoms. The fourth-order valence-electron chi connectivity index (χ4n) is 3.54. The molecular formula is C18H22ClN3O2S. The van der Waals surface area contributed by atoms with Gasteiger partial charge in [0.1, 0.15) is 5.52 Å². The van der Waals surface area contributed by atoms with Gasteiger partial charge in [-0.05, 0) is 30.9 Å². The van der Waals surface area contributed by atoms with Crippen molar-refractivity contribution in [1.29, 1.82) is 0 Å². The summed E-state index contributed by atoms with van der Waals surface area (Å²) in [5.41, 5.74) is 1.56. The number of benzene rings is 1. The largest absolute Gasteiger partial charge is 0.423 e. The van der Waals surface area contributed by atoms with Crippen LogP contribution in [0.2, 0.25) is 5.02 Å². The van der Waals surface area contributed by atoms with E-state index in [9.17, 15) is 4.79 Å². The fourth-order valence-corrected chi connectivity index (χ4v) is 4.60. The van der Waals surface area contributed by atoms with Crippen LogP contribution in [0.1, 0.15) is 19.3 Å². The van der Waals surface area contributed by atoms with Gasteiger partial charge in [0.2, 0.25) is 5.91 Å². The summed E-state index contributed by atoms with van der Waals surface area (Å²) in [6.07, 6.45) is 2.70. The lowest BCUT2D eigenvalue weighted by Gasteiger charge is -2.32. The monoisotopic (exact) mass is 379 g/mol. The van der Waals surface area contributed by atoms with Gasteiger partial charge in [-0.3, -0.25) is 4.79 Å². The van der Waals surface area contributed by atoms with Gasteiger partial charge in [0.05, 0.1) is 0 Å². The predicted molar refractivity (Wildman–Crippen MR) is 102 cm³/mol. The van der Waals surface area contributed by atoms with Gasteiger partial charge in [0.25, 0.3) is 6.01 Å². The van der Waals surface area contributed by atoms with E-state index in [2.05, 4.69) is 9.88 Å². The number of piperidine rings is 1. The first-order valence-corrected chi connectivity index (χ1v) is 10.4. The molecule has 2 aliphatic rings. The molecule has 0 aliphatic carbocycles. The van der Waals surface area contributed by atoms with Crippen molar-refractivity contribution in [2.45, 2.75) is 19.3 Å². The second-order valence-corrected chi connectivity index (χ2v) is 8.40. The van der Waals surface area contributed by atoms with Gasteiger partial charge in [-0.1, -0.05) is 11.6 Å². The number of carbonyl (C=O) groups excluding carboxylic acids is 1. The smallest absolute Gasteiger partial charge is 0.298 e. The Morgan fingerprint density at radius 2 is 2.00 bits per heavy atom. The summed E-state index contributed by atoms with van der Waals surface area (Å²) < 4.78 is 5.85. The van der Waals surface area contributed by atoms with E-state index in [0.717, 1.165) is 61.6 Å². The van der Waals surface area contributed by atoms with Crippen LogP contribution in [0.3, 0.4) is 0 Å². The second-order valence-electron chi connectivity index (χ2n) is 6.74. The first-order valence-electron chi connectivity index (χ1n) is 8.85. The molecule has 0 saturated carbocycles. The molecule has 134 valence electrons. The number of rotatable bonds is 3. The zero-order chi connectivity index (χ0) is 17.2. The number of hydrogen-bond acceptors (Lipinski definition) is 5. The van der Waals surface area contributed by atoms with Crippen molar-refractivity contribution in [3.8, 4) is 0 Å². The van der Waals surface area contributed by atoms with Gasteiger partial charge >= 0.3 is 0 Å². The highest BCUT2D eigenvalue weighted by atomic mass is 35.5. The minimum Gasteiger partial charge on any atom is -0.423 e. The molecule has 2 aromatic rings. The lowest BCUT2D eigenvalue weighted by atomic mass is 9.93. The van der Waals surface area contributed by atoms with Crippen LogP contribution in [-0.2, 0) is 4.79 Å². The zero-order valence-electron chi connectivity index (χ0n) is 14.1. The lowest BCUT2D eigenvalue weighted by Crippen LogP contribution is -2.40. The van der Waals surface area contributed by atoms with Crippen molar-refractivity contribution < 1.29 is 9.21 Å². The summed E-state index contributed by atoms with van der Waals surface area (Å²) in [7, 11) is 0. The van der Waals surface area contributed by atoms with E-state index in [-0.39, 0.29) is 0 Å². The molecule has 1 amide bonds. The fraction of sp³-hybridized carbons (Fsp3) is 0.556. The molecule has 7 heteroatoms. The van der Waals surface area contributed by atoms with Crippen LogP contribution in [0.4, 0.5) is 6.01 Å². The van der Waals surface area contributed by atoms with Gasteiger partial charge in [0, 0.05) is 55.2 Å². The second kappa shape index (κ2) is 7.46. The molecule has 2 saturated heterocycles. The minimum atomic E-state index is 0.329. The van der Waals surface area contributed by atoms with Crippen molar-refractivity contribution in [1.82, 2.24) is 9.88 Å². The highest BCUT2D eigenvalue weighted by molar-refractivity contribution is 7.99. The maximum atomic E-state index is 12.4. The molecule has 0 radical (unpaired) electrons. The Balaban J connectivity index is 1.33. The van der Waals surface area contributed by atoms with Crippen LogP contribution in [0.15, 0.2) is 22.6 Å². The van der Waals surface area contributed by atoms with E-state index in [0.29, 0.717) is 29.3 Å². The Morgan fingerprint density at radius 3 is 2.76 bits per heavy atom. The van der Waals surface area contributed by atoms with Crippen LogP contribution in [-0.4, -0.2) is 53.5 Å². The molecule has 4 rings (SSSR count). The molecule has 2 aliphatic heterocycles. The van der Waals surface area contributed by atoms with E-state index in [4.69, 9.17) is 16.0 Å². The van der Waals surface area contributed by atoms with Crippen LogP contribution in [0, 0.1) is 5.92 Å². The first-order chi connectivity index (χ1) is 12.2. The van der Waals surface area contributed by atoms with Crippen molar-refractivity contribution >= 4 is 46.4 Å². The lowest BCUT2D eigenvalue weighted by molar-refractivity contribution is -0.132. The number of anilines is 1. The number of oxazole rings is 1. The molecule has 1 aromatic carbocycles. The summed E-state index contributed by atoms with van der Waals surface area (Å²) in [6.45, 7) is 3.59. The third-order valence-electron chi connectivity index (χ3n) is 5.05. The molecule has 0 N–H and O–H groups in total. The number of hydrogen-bond donors (Lipinski definition) is 0. The number of fused-ring (bicyclic) bond motifs is 1. The quantitative estimate of drug-likeness (QED) is 0.814. The van der Waals surface area contributed by atoms with E-state index in [1.165, 1.54) is 0 Å². The zero-order valence-corrected chi connectivity index (χ0v) is 15.7. The van der Waals surface area contributed by atoms with E-state index < -0.39 is 0 Å². The van der Waals surface area contributed by atoms with Crippen molar-refractivity contribution in [3.63, 3.8) is 0 Å². The average molecular weight is 380 g/mol. The Hall–Kier alpha value is -1.40. The molecule has 25 heavy (non-hydrogen) atoms. The van der Waals surface area contributed by atoms with Gasteiger partial charge in [-0.25, -0.2) is 0 Å². The van der Waals surface area contributed by atoms with E-state index in [1.807, 2.05) is 28.8 Å². The Kier molecular flexibility index (Phi) is 5.08. The topological polar surface area (TPSA) is 49.6 Å². The molecule has 5 nitrogen and oxygen atoms in total. The molecule has 0 atom stereocenters. The molecule has 1 aromatic heterocycles. The van der Waals surface area contributed by atoms with E-state index in [1.54, 1.807) is 6.07 Å². The van der Waals surface area contributed by atoms with Crippen LogP contribution < -0.4 is 4.90 Å². The Labute approximate surface area is 156 Å². The highest BCUT2D eigenvalue weighted by Gasteiger charge is 2.26. The van der Waals surface area contributed by atoms with Gasteiger partial charge in [-0.2, -0.15) is 16.7 Å². The number of nitrogens with zero attached hydrogens (tertiary/aromatic N) is 3. The van der Waals surface area contributed by atoms with E-state index >= 15 is 0 Å². The number of halogens is 1. The number of thioether (sulfide) groups is 1. The minimum absolute atomic E-state index is 0.329. The standard InChI is InChI=1S/C18H22ClN3O2S/c19-14-1-2-15-16(12-14)24-18(20-15)22-5-3-13(4-6-22)11-17(23)21-7-9-25-10-8-21/h1-2,12-13H,3-11H2. The third kappa shape index (κ3) is 3.90. The van der Waals surface area contributed by atoms with Gasteiger partial charge in [0.15, 0.2) is 5.58 Å². The average Bonchev–Trinajstić information content (AvgIpc) is 3.06. The highest BCUT2D eigenvalue weighted by Crippen LogP contribution is 2.29. The number of amides is 1. The summed E-state index contributed by atoms with van der Waals surface area (Å²) in [6, 6.07) is 6.17. The Bertz CT molecular complexity index is 752. The number of aromatic nitrogens is 1. The van der Waals surface area contributed by atoms with Gasteiger partial charge < -0.3 is 14.2 Å². The maximum Gasteiger partial charge on any atom is 0.298 e. The van der Waals surface area contributed by atoms with Crippen LogP contribution in [0.25, 0.3) is 11.1 Å². The molecule has 0 unspecified atom stereocenters. The molecule has 0 bridgehead atoms. The van der Waals surface area contributed by atoms with Crippen molar-refractivity contribution in [2.24, 2.45) is 5.92 Å². The summed E-state index contributed by atoms with van der Waals surface area (Å²) in [5, 5.41) is 0.656. The predicted octanol–water partition coefficient (Wildman–Crippen LogP) is 3.66.